The molecule has 1 saturated heterocycles. The summed E-state index contributed by atoms with van der Waals surface area (Å²) in [5.41, 5.74) is 0.515. The normalized spacial score (nSPS) is 19.1. The average Bonchev–Trinajstić information content (AvgIpc) is 2.85. The van der Waals surface area contributed by atoms with E-state index in [1.165, 1.54) is 31.2 Å². The number of methoxy groups -OCH3 is 1. The number of aliphatic hydroxyl groups excluding tert-OH is 1. The molecular weight excluding hydrogens is 361 g/mol. The maximum atomic E-state index is 14.0. The number of amides is 1. The molecule has 0 aromatic heterocycles. The number of nitrogens with zero attached hydrogens (tertiary/aromatic N) is 1. The van der Waals surface area contributed by atoms with E-state index in [9.17, 15) is 19.1 Å². The number of ketones is 1. The topological polar surface area (TPSA) is 66.8 Å². The Labute approximate surface area is 154 Å². The van der Waals surface area contributed by atoms with Crippen molar-refractivity contribution in [2.24, 2.45) is 0 Å². The number of likely N-dealkylation sites (N-methyl/N-ethyl adjacent to an activating group) is 1. The largest absolute Gasteiger partial charge is 0.507 e. The molecule has 1 aliphatic heterocycles. The smallest absolute Gasteiger partial charge is 0.295 e. The molecule has 3 rings (SSSR count). The van der Waals surface area contributed by atoms with Crippen LogP contribution in [0.15, 0.2) is 48.0 Å². The molecule has 0 radical (unpaired) electrons. The zero-order valence-electron chi connectivity index (χ0n) is 14.0. The molecule has 26 heavy (non-hydrogen) atoms. The third-order valence-electron chi connectivity index (χ3n) is 4.26. The SMILES string of the molecule is COc1ccc(/C(O)=C2\C(=O)C(=O)N(C)C2c2cccc(Cl)c2)cc1F. The molecule has 2 aromatic carbocycles. The van der Waals surface area contributed by atoms with Crippen LogP contribution in [-0.4, -0.2) is 35.9 Å². The Morgan fingerprint density at radius 1 is 1.23 bits per heavy atom. The molecule has 134 valence electrons. The van der Waals surface area contributed by atoms with Crippen LogP contribution in [0.3, 0.4) is 0 Å². The fraction of sp³-hybridized carbons (Fsp3) is 0.158. The number of ether oxygens (including phenoxy) is 1. The Morgan fingerprint density at radius 3 is 2.58 bits per heavy atom. The molecule has 1 unspecified atom stereocenters. The van der Waals surface area contributed by atoms with Gasteiger partial charge in [0.15, 0.2) is 11.6 Å². The summed E-state index contributed by atoms with van der Waals surface area (Å²) in [6, 6.07) is 9.62. The summed E-state index contributed by atoms with van der Waals surface area (Å²) in [4.78, 5) is 25.9. The van der Waals surface area contributed by atoms with Gasteiger partial charge in [-0.3, -0.25) is 9.59 Å². The maximum absolute atomic E-state index is 14.0. The Hall–Kier alpha value is -2.86. The highest BCUT2D eigenvalue weighted by molar-refractivity contribution is 6.46. The second-order valence-corrected chi connectivity index (χ2v) is 6.25. The van der Waals surface area contributed by atoms with Crippen LogP contribution in [0.4, 0.5) is 4.39 Å². The molecule has 1 heterocycles. The number of halogens is 2. The van der Waals surface area contributed by atoms with Crippen LogP contribution < -0.4 is 4.74 Å². The van der Waals surface area contributed by atoms with Gasteiger partial charge in [-0.2, -0.15) is 0 Å². The first-order chi connectivity index (χ1) is 12.3. The number of hydrogen-bond donors (Lipinski definition) is 1. The highest BCUT2D eigenvalue weighted by Gasteiger charge is 2.44. The van der Waals surface area contributed by atoms with Crippen LogP contribution in [0.2, 0.25) is 5.02 Å². The van der Waals surface area contributed by atoms with Crippen LogP contribution in [0, 0.1) is 5.82 Å². The van der Waals surface area contributed by atoms with E-state index in [1.807, 2.05) is 0 Å². The molecule has 1 atom stereocenters. The number of likely N-dealkylation sites (tertiary alicyclic amines) is 1. The third-order valence-corrected chi connectivity index (χ3v) is 4.50. The van der Waals surface area contributed by atoms with Crippen molar-refractivity contribution < 1.29 is 23.8 Å². The van der Waals surface area contributed by atoms with Crippen LogP contribution in [0.5, 0.6) is 5.75 Å². The van der Waals surface area contributed by atoms with E-state index < -0.39 is 29.3 Å². The zero-order chi connectivity index (χ0) is 19.0. The number of aliphatic hydroxyl groups is 1. The number of Topliss-reactive ketones (excluding diaryl/α,β-unsaturated/α-hetero) is 1. The summed E-state index contributed by atoms with van der Waals surface area (Å²) in [6.45, 7) is 0. The van der Waals surface area contributed by atoms with Crippen LogP contribution in [-0.2, 0) is 9.59 Å². The van der Waals surface area contributed by atoms with Crippen molar-refractivity contribution in [3.8, 4) is 5.75 Å². The summed E-state index contributed by atoms with van der Waals surface area (Å²) in [5, 5.41) is 11.1. The fourth-order valence-electron chi connectivity index (χ4n) is 2.98. The minimum Gasteiger partial charge on any atom is -0.507 e. The molecular formula is C19H15ClFNO4. The van der Waals surface area contributed by atoms with Gasteiger partial charge in [0, 0.05) is 17.6 Å². The fourth-order valence-corrected chi connectivity index (χ4v) is 3.18. The molecule has 0 bridgehead atoms. The van der Waals surface area contributed by atoms with Gasteiger partial charge >= 0.3 is 0 Å². The molecule has 2 aromatic rings. The second-order valence-electron chi connectivity index (χ2n) is 5.81. The lowest BCUT2D eigenvalue weighted by atomic mass is 9.95. The first-order valence-electron chi connectivity index (χ1n) is 7.69. The minimum atomic E-state index is -0.841. The summed E-state index contributed by atoms with van der Waals surface area (Å²) >= 11 is 6.01. The summed E-state index contributed by atoms with van der Waals surface area (Å²) in [5.74, 6) is -2.75. The molecule has 7 heteroatoms. The number of carbonyl (C=O) groups is 2. The predicted molar refractivity (Wildman–Crippen MR) is 94.5 cm³/mol. The van der Waals surface area contributed by atoms with E-state index >= 15 is 0 Å². The van der Waals surface area contributed by atoms with E-state index in [2.05, 4.69) is 0 Å². The van der Waals surface area contributed by atoms with Gasteiger partial charge in [0.2, 0.25) is 0 Å². The van der Waals surface area contributed by atoms with Gasteiger partial charge in [0.1, 0.15) is 5.76 Å². The number of hydrogen-bond acceptors (Lipinski definition) is 4. The highest BCUT2D eigenvalue weighted by Crippen LogP contribution is 2.39. The Bertz CT molecular complexity index is 941. The minimum absolute atomic E-state index is 0.00360. The molecule has 0 aliphatic carbocycles. The quantitative estimate of drug-likeness (QED) is 0.506. The summed E-state index contributed by atoms with van der Waals surface area (Å²) < 4.78 is 18.8. The van der Waals surface area contributed by atoms with E-state index in [-0.39, 0.29) is 16.9 Å². The second kappa shape index (κ2) is 6.80. The number of benzene rings is 2. The highest BCUT2D eigenvalue weighted by atomic mass is 35.5. The van der Waals surface area contributed by atoms with Crippen molar-refractivity contribution in [2.75, 3.05) is 14.2 Å². The first-order valence-corrected chi connectivity index (χ1v) is 8.07. The van der Waals surface area contributed by atoms with Crippen LogP contribution in [0.25, 0.3) is 5.76 Å². The number of carbonyl (C=O) groups excluding carboxylic acids is 2. The molecule has 1 N–H and O–H groups in total. The first kappa shape index (κ1) is 17.9. The Kier molecular flexibility index (Phi) is 4.70. The van der Waals surface area contributed by atoms with Crippen molar-refractivity contribution in [1.82, 2.24) is 4.90 Å². The standard InChI is InChI=1S/C19H15ClFNO4/c1-22-16(10-4-3-5-12(20)8-10)15(18(24)19(22)25)17(23)11-6-7-14(26-2)13(21)9-11/h3-9,16,23H,1-2H3/b17-15+. The predicted octanol–water partition coefficient (Wildman–Crippen LogP) is 3.54. The molecule has 1 amide bonds. The Balaban J connectivity index is 2.18. The third kappa shape index (κ3) is 2.93. The summed E-state index contributed by atoms with van der Waals surface area (Å²) in [6.07, 6.45) is 0. The van der Waals surface area contributed by atoms with Crippen molar-refractivity contribution in [1.29, 1.82) is 0 Å². The molecule has 1 fully saturated rings. The van der Waals surface area contributed by atoms with Crippen LogP contribution >= 0.6 is 11.6 Å². The zero-order valence-corrected chi connectivity index (χ0v) is 14.7. The van der Waals surface area contributed by atoms with Crippen molar-refractivity contribution in [2.45, 2.75) is 6.04 Å². The van der Waals surface area contributed by atoms with E-state index in [4.69, 9.17) is 16.3 Å². The number of rotatable bonds is 3. The average molecular weight is 376 g/mol. The lowest BCUT2D eigenvalue weighted by molar-refractivity contribution is -0.139. The van der Waals surface area contributed by atoms with Crippen molar-refractivity contribution >= 4 is 29.1 Å². The van der Waals surface area contributed by atoms with E-state index in [0.717, 1.165) is 6.07 Å². The van der Waals surface area contributed by atoms with Gasteiger partial charge < -0.3 is 14.7 Å². The van der Waals surface area contributed by atoms with Gasteiger partial charge in [-0.05, 0) is 35.9 Å². The Morgan fingerprint density at radius 2 is 1.96 bits per heavy atom. The van der Waals surface area contributed by atoms with Gasteiger partial charge in [0.05, 0.1) is 18.7 Å². The van der Waals surface area contributed by atoms with Gasteiger partial charge in [0.25, 0.3) is 11.7 Å². The van der Waals surface area contributed by atoms with Gasteiger partial charge in [-0.25, -0.2) is 4.39 Å². The van der Waals surface area contributed by atoms with Gasteiger partial charge in [-0.15, -0.1) is 0 Å². The van der Waals surface area contributed by atoms with Crippen molar-refractivity contribution in [3.63, 3.8) is 0 Å². The van der Waals surface area contributed by atoms with Crippen molar-refractivity contribution in [3.05, 3.63) is 70.0 Å². The monoisotopic (exact) mass is 375 g/mol. The molecule has 1 aliphatic rings. The molecule has 0 saturated carbocycles. The maximum Gasteiger partial charge on any atom is 0.295 e. The molecule has 5 nitrogen and oxygen atoms in total. The summed E-state index contributed by atoms with van der Waals surface area (Å²) in [7, 11) is 2.78. The van der Waals surface area contributed by atoms with E-state index in [0.29, 0.717) is 10.6 Å². The lowest BCUT2D eigenvalue weighted by Gasteiger charge is -2.21. The lowest BCUT2D eigenvalue weighted by Crippen LogP contribution is -2.24. The van der Waals surface area contributed by atoms with E-state index in [1.54, 1.807) is 24.3 Å². The van der Waals surface area contributed by atoms with Gasteiger partial charge in [-0.1, -0.05) is 23.7 Å². The molecule has 0 spiro atoms. The van der Waals surface area contributed by atoms with Crippen LogP contribution in [0.1, 0.15) is 17.2 Å².